The third-order valence-corrected chi connectivity index (χ3v) is 7.46. The third-order valence-electron chi connectivity index (χ3n) is 7.46. The number of hydrogen-bond acceptors (Lipinski definition) is 8. The number of hydrogen-bond donors (Lipinski definition) is 3. The highest BCUT2D eigenvalue weighted by Crippen LogP contribution is 2.70. The molecule has 1 aliphatic heterocycles. The van der Waals surface area contributed by atoms with E-state index in [1.54, 1.807) is 43.5 Å². The minimum atomic E-state index is -2.11. The fourth-order valence-electron chi connectivity index (χ4n) is 5.96. The van der Waals surface area contributed by atoms with Gasteiger partial charge < -0.3 is 29.2 Å². The van der Waals surface area contributed by atoms with Gasteiger partial charge in [0.1, 0.15) is 29.1 Å². The summed E-state index contributed by atoms with van der Waals surface area (Å²) in [6.45, 7) is 0. The molecule has 0 saturated heterocycles. The first-order valence-corrected chi connectivity index (χ1v) is 11.8. The van der Waals surface area contributed by atoms with Crippen LogP contribution in [0.25, 0.3) is 0 Å². The van der Waals surface area contributed by atoms with Crippen molar-refractivity contribution in [3.8, 4) is 23.0 Å². The van der Waals surface area contributed by atoms with Crippen molar-refractivity contribution in [3.05, 3.63) is 83.4 Å². The SMILES string of the molecule is CONC(=O)[C@@H]1[C@H](O)[C@]2(O)c3c(OC)cc(OC)cc3O[C@]2(c2ccc(OC)cc2)[C@H]1c1ccccc1. The lowest BCUT2D eigenvalue weighted by Gasteiger charge is -2.40. The summed E-state index contributed by atoms with van der Waals surface area (Å²) in [6, 6.07) is 19.4. The van der Waals surface area contributed by atoms with Crippen LogP contribution in [-0.2, 0) is 20.8 Å². The fourth-order valence-corrected chi connectivity index (χ4v) is 5.96. The molecule has 0 spiro atoms. The Labute approximate surface area is 214 Å². The molecule has 194 valence electrons. The van der Waals surface area contributed by atoms with E-state index in [4.69, 9.17) is 23.8 Å². The van der Waals surface area contributed by atoms with Gasteiger partial charge in [0, 0.05) is 18.1 Å². The van der Waals surface area contributed by atoms with Crippen LogP contribution in [0.2, 0.25) is 0 Å². The number of methoxy groups -OCH3 is 3. The molecular formula is C28H29NO8. The van der Waals surface area contributed by atoms with Crippen molar-refractivity contribution in [2.24, 2.45) is 5.92 Å². The van der Waals surface area contributed by atoms with Crippen LogP contribution in [0.5, 0.6) is 23.0 Å². The molecule has 0 bridgehead atoms. The number of amides is 1. The Balaban J connectivity index is 1.87. The highest BCUT2D eigenvalue weighted by molar-refractivity contribution is 5.82. The minimum absolute atomic E-state index is 0.229. The maximum atomic E-state index is 13.4. The lowest BCUT2D eigenvalue weighted by Crippen LogP contribution is -2.52. The second-order valence-electron chi connectivity index (χ2n) is 9.06. The van der Waals surface area contributed by atoms with Gasteiger partial charge in [0.15, 0.2) is 11.2 Å². The lowest BCUT2D eigenvalue weighted by molar-refractivity contribution is -0.157. The number of hydroxylamine groups is 1. The van der Waals surface area contributed by atoms with Crippen molar-refractivity contribution in [2.45, 2.75) is 23.2 Å². The Bertz CT molecular complexity index is 1300. The van der Waals surface area contributed by atoms with Crippen molar-refractivity contribution < 1.29 is 38.8 Å². The summed E-state index contributed by atoms with van der Waals surface area (Å²) in [5, 5.41) is 24.6. The van der Waals surface area contributed by atoms with E-state index >= 15 is 0 Å². The predicted molar refractivity (Wildman–Crippen MR) is 133 cm³/mol. The summed E-state index contributed by atoms with van der Waals surface area (Å²) >= 11 is 0. The first-order valence-electron chi connectivity index (χ1n) is 11.8. The maximum Gasteiger partial charge on any atom is 0.250 e. The number of fused-ring (bicyclic) bond motifs is 3. The molecule has 9 heteroatoms. The highest BCUT2D eigenvalue weighted by atomic mass is 16.6. The molecule has 1 saturated carbocycles. The Morgan fingerprint density at radius 2 is 1.59 bits per heavy atom. The molecule has 0 unspecified atom stereocenters. The van der Waals surface area contributed by atoms with Crippen molar-refractivity contribution in [3.63, 3.8) is 0 Å². The molecule has 9 nitrogen and oxygen atoms in total. The molecule has 3 N–H and O–H groups in total. The van der Waals surface area contributed by atoms with Crippen LogP contribution < -0.4 is 24.4 Å². The number of ether oxygens (including phenoxy) is 4. The lowest BCUT2D eigenvalue weighted by atomic mass is 9.70. The Morgan fingerprint density at radius 3 is 2.19 bits per heavy atom. The zero-order valence-electron chi connectivity index (χ0n) is 20.9. The number of carbonyl (C=O) groups excluding carboxylic acids is 1. The number of benzene rings is 3. The van der Waals surface area contributed by atoms with E-state index in [2.05, 4.69) is 5.48 Å². The molecule has 5 rings (SSSR count). The van der Waals surface area contributed by atoms with Gasteiger partial charge in [-0.1, -0.05) is 42.5 Å². The number of carbonyl (C=O) groups is 1. The fraction of sp³-hybridized carbons (Fsp3) is 0.321. The summed E-state index contributed by atoms with van der Waals surface area (Å²) in [5.41, 5.74) is 0.0464. The van der Waals surface area contributed by atoms with Gasteiger partial charge in [0.2, 0.25) is 5.91 Å². The number of aliphatic hydroxyl groups excluding tert-OH is 1. The zero-order valence-corrected chi connectivity index (χ0v) is 20.9. The first-order chi connectivity index (χ1) is 17.9. The van der Waals surface area contributed by atoms with Gasteiger partial charge in [0.05, 0.1) is 39.9 Å². The van der Waals surface area contributed by atoms with Gasteiger partial charge in [-0.05, 0) is 23.3 Å². The van der Waals surface area contributed by atoms with Crippen molar-refractivity contribution in [1.82, 2.24) is 5.48 Å². The zero-order chi connectivity index (χ0) is 26.4. The van der Waals surface area contributed by atoms with Crippen molar-refractivity contribution in [2.75, 3.05) is 28.4 Å². The molecule has 1 amide bonds. The monoisotopic (exact) mass is 507 g/mol. The van der Waals surface area contributed by atoms with Gasteiger partial charge in [-0.3, -0.25) is 9.63 Å². The molecule has 3 aromatic carbocycles. The molecular weight excluding hydrogens is 478 g/mol. The van der Waals surface area contributed by atoms with Crippen molar-refractivity contribution in [1.29, 1.82) is 0 Å². The number of nitrogens with one attached hydrogen (secondary N) is 1. The number of aliphatic hydroxyl groups is 2. The summed E-state index contributed by atoms with van der Waals surface area (Å²) in [5.74, 6) is -1.02. The van der Waals surface area contributed by atoms with Crippen LogP contribution in [0, 0.1) is 5.92 Å². The van der Waals surface area contributed by atoms with E-state index in [-0.39, 0.29) is 17.1 Å². The normalized spacial score (nSPS) is 27.6. The minimum Gasteiger partial charge on any atom is -0.497 e. The van der Waals surface area contributed by atoms with Crippen LogP contribution in [0.1, 0.15) is 22.6 Å². The summed E-state index contributed by atoms with van der Waals surface area (Å²) in [7, 11) is 5.83. The second kappa shape index (κ2) is 9.26. The van der Waals surface area contributed by atoms with E-state index in [0.717, 1.165) is 0 Å². The highest BCUT2D eigenvalue weighted by Gasteiger charge is 2.78. The first kappa shape index (κ1) is 24.9. The van der Waals surface area contributed by atoms with Crippen LogP contribution >= 0.6 is 0 Å². The Morgan fingerprint density at radius 1 is 0.919 bits per heavy atom. The summed E-state index contributed by atoms with van der Waals surface area (Å²) in [4.78, 5) is 18.3. The molecule has 1 aliphatic carbocycles. The molecule has 1 fully saturated rings. The Hall–Kier alpha value is -3.79. The van der Waals surface area contributed by atoms with Gasteiger partial charge >= 0.3 is 0 Å². The molecule has 37 heavy (non-hydrogen) atoms. The second-order valence-corrected chi connectivity index (χ2v) is 9.06. The molecule has 0 aromatic heterocycles. The largest absolute Gasteiger partial charge is 0.497 e. The summed E-state index contributed by atoms with van der Waals surface area (Å²) in [6.07, 6.45) is -1.61. The maximum absolute atomic E-state index is 13.4. The van der Waals surface area contributed by atoms with Gasteiger partial charge in [-0.25, -0.2) is 5.48 Å². The average Bonchev–Trinajstić information content (AvgIpc) is 3.31. The van der Waals surface area contributed by atoms with Crippen molar-refractivity contribution >= 4 is 5.91 Å². The molecule has 0 radical (unpaired) electrons. The standard InChI is InChI=1S/C28H29NO8/c1-33-18-12-10-17(11-13-18)28-23(16-8-6-5-7-9-16)22(26(31)29-36-4)25(30)27(28,32)24-20(35-3)14-19(34-2)15-21(24)37-28/h5-15,22-23,25,30,32H,1-4H3,(H,29,31)/t22-,23-,25-,27+,28+/m0/s1. The predicted octanol–water partition coefficient (Wildman–Crippen LogP) is 2.64. The topological polar surface area (TPSA) is 116 Å². The molecule has 2 aliphatic rings. The van der Waals surface area contributed by atoms with Crippen LogP contribution in [-0.4, -0.2) is 50.7 Å². The molecule has 5 atom stereocenters. The van der Waals surface area contributed by atoms with Gasteiger partial charge in [-0.2, -0.15) is 0 Å². The van der Waals surface area contributed by atoms with Crippen LogP contribution in [0.15, 0.2) is 66.7 Å². The van der Waals surface area contributed by atoms with Gasteiger partial charge in [-0.15, -0.1) is 0 Å². The Kier molecular flexibility index (Phi) is 6.23. The number of rotatable bonds is 7. The van der Waals surface area contributed by atoms with E-state index in [1.807, 2.05) is 30.3 Å². The molecule has 3 aromatic rings. The van der Waals surface area contributed by atoms with E-state index in [9.17, 15) is 15.0 Å². The summed E-state index contributed by atoms with van der Waals surface area (Å²) < 4.78 is 23.2. The van der Waals surface area contributed by atoms with Crippen LogP contribution in [0.4, 0.5) is 0 Å². The third kappa shape index (κ3) is 3.38. The van der Waals surface area contributed by atoms with E-state index in [1.165, 1.54) is 21.3 Å². The van der Waals surface area contributed by atoms with Gasteiger partial charge in [0.25, 0.3) is 0 Å². The molecule has 1 heterocycles. The van der Waals surface area contributed by atoms with Crippen LogP contribution in [0.3, 0.4) is 0 Å². The smallest absolute Gasteiger partial charge is 0.250 e. The average molecular weight is 508 g/mol. The van der Waals surface area contributed by atoms with E-state index in [0.29, 0.717) is 22.6 Å². The quantitative estimate of drug-likeness (QED) is 0.418. The van der Waals surface area contributed by atoms with E-state index < -0.39 is 35.0 Å².